The summed E-state index contributed by atoms with van der Waals surface area (Å²) in [7, 11) is 0. The number of allylic oxidation sites excluding steroid dienone is 1. The number of carboxylic acid groups (broad SMARTS) is 1. The second-order valence-corrected chi connectivity index (χ2v) is 11.2. The van der Waals surface area contributed by atoms with Crippen molar-refractivity contribution in [1.29, 1.82) is 0 Å². The Labute approximate surface area is 228 Å². The van der Waals surface area contributed by atoms with Gasteiger partial charge in [-0.25, -0.2) is 14.4 Å². The molecule has 39 heavy (non-hydrogen) atoms. The van der Waals surface area contributed by atoms with E-state index in [1.165, 1.54) is 4.90 Å². The van der Waals surface area contributed by atoms with Crippen molar-refractivity contribution in [3.05, 3.63) is 41.5 Å². The molecule has 2 N–H and O–H groups in total. The average molecular weight is 544 g/mol. The first kappa shape index (κ1) is 28.3. The van der Waals surface area contributed by atoms with Crippen molar-refractivity contribution >= 4 is 24.1 Å². The number of hydrogen-bond acceptors (Lipinski definition) is 7. The van der Waals surface area contributed by atoms with Crippen molar-refractivity contribution in [1.82, 2.24) is 15.1 Å². The van der Waals surface area contributed by atoms with Crippen molar-refractivity contribution in [2.24, 2.45) is 5.41 Å². The lowest BCUT2D eigenvalue weighted by Crippen LogP contribution is -2.57. The van der Waals surface area contributed by atoms with Crippen LogP contribution < -0.4 is 10.1 Å². The Hall–Kier alpha value is -3.76. The van der Waals surface area contributed by atoms with Gasteiger partial charge in [-0.15, -0.1) is 0 Å². The van der Waals surface area contributed by atoms with E-state index in [0.29, 0.717) is 39.0 Å². The van der Waals surface area contributed by atoms with Crippen LogP contribution in [0.5, 0.6) is 5.75 Å². The van der Waals surface area contributed by atoms with E-state index in [2.05, 4.69) is 5.32 Å². The maximum atomic E-state index is 13.6. The maximum Gasteiger partial charge on any atom is 0.410 e. The van der Waals surface area contributed by atoms with E-state index in [-0.39, 0.29) is 19.6 Å². The highest BCUT2D eigenvalue weighted by Crippen LogP contribution is 2.33. The Morgan fingerprint density at radius 2 is 1.82 bits per heavy atom. The Morgan fingerprint density at radius 3 is 2.56 bits per heavy atom. The third-order valence-electron chi connectivity index (χ3n) is 7.13. The molecule has 0 radical (unpaired) electrons. The molecule has 0 saturated carbocycles. The van der Waals surface area contributed by atoms with Gasteiger partial charge in [0.15, 0.2) is 0 Å². The zero-order valence-corrected chi connectivity index (χ0v) is 22.7. The molecule has 1 aromatic carbocycles. The van der Waals surface area contributed by atoms with Crippen LogP contribution in [0.25, 0.3) is 0 Å². The second-order valence-electron chi connectivity index (χ2n) is 11.2. The predicted molar refractivity (Wildman–Crippen MR) is 140 cm³/mol. The molecule has 3 amide bonds. The molecular weight excluding hydrogens is 506 g/mol. The molecule has 212 valence electrons. The maximum absolute atomic E-state index is 13.6. The molecule has 3 aliphatic rings. The van der Waals surface area contributed by atoms with Crippen LogP contribution >= 0.6 is 0 Å². The third-order valence-corrected chi connectivity index (χ3v) is 7.13. The van der Waals surface area contributed by atoms with Gasteiger partial charge in [-0.3, -0.25) is 9.69 Å². The summed E-state index contributed by atoms with van der Waals surface area (Å²) in [4.78, 5) is 54.0. The van der Waals surface area contributed by atoms with E-state index in [9.17, 15) is 24.3 Å². The number of benzene rings is 1. The lowest BCUT2D eigenvalue weighted by molar-refractivity contribution is -0.150. The van der Waals surface area contributed by atoms with Crippen molar-refractivity contribution in [3.8, 4) is 5.75 Å². The van der Waals surface area contributed by atoms with Gasteiger partial charge in [0.25, 0.3) is 0 Å². The predicted octanol–water partition coefficient (Wildman–Crippen LogP) is 3.45. The largest absolute Gasteiger partial charge is 0.493 e. The lowest BCUT2D eigenvalue weighted by Gasteiger charge is -2.34. The molecule has 0 aliphatic carbocycles. The number of rotatable bonds is 1. The van der Waals surface area contributed by atoms with Gasteiger partial charge in [-0.2, -0.15) is 0 Å². The summed E-state index contributed by atoms with van der Waals surface area (Å²) < 4.78 is 17.0. The average Bonchev–Trinajstić information content (AvgIpc) is 3.50. The fourth-order valence-electron chi connectivity index (χ4n) is 5.05. The number of cyclic esters (lactones) is 1. The van der Waals surface area contributed by atoms with Crippen LogP contribution in [0.4, 0.5) is 9.59 Å². The monoisotopic (exact) mass is 543 g/mol. The number of carboxylic acids is 1. The SMILES string of the molecule is CC(C)(C)[C@@H]1NC(=O)OCCC/C=C/CCOc2cccc3c2CN(C3)C(=O)O[C@@H]2CC(C(=O)O)N(C2)C1=O. The normalized spacial score (nSPS) is 25.9. The molecule has 1 saturated heterocycles. The molecule has 3 aliphatic heterocycles. The van der Waals surface area contributed by atoms with E-state index < -0.39 is 47.7 Å². The molecule has 4 rings (SSSR count). The number of hydrogen-bond donors (Lipinski definition) is 2. The van der Waals surface area contributed by atoms with Gasteiger partial charge in [0.1, 0.15) is 23.9 Å². The summed E-state index contributed by atoms with van der Waals surface area (Å²) >= 11 is 0. The Bertz CT molecular complexity index is 1130. The molecule has 11 nitrogen and oxygen atoms in total. The van der Waals surface area contributed by atoms with Gasteiger partial charge in [-0.05, 0) is 36.3 Å². The van der Waals surface area contributed by atoms with Crippen LogP contribution in [0.15, 0.2) is 30.4 Å². The molecule has 1 aromatic rings. The summed E-state index contributed by atoms with van der Waals surface area (Å²) in [5, 5.41) is 12.5. The lowest BCUT2D eigenvalue weighted by atomic mass is 9.85. The summed E-state index contributed by atoms with van der Waals surface area (Å²) in [6.45, 7) is 6.55. The summed E-state index contributed by atoms with van der Waals surface area (Å²) in [6.07, 6.45) is 3.86. The van der Waals surface area contributed by atoms with Gasteiger partial charge in [0.05, 0.1) is 26.3 Å². The third kappa shape index (κ3) is 6.82. The number of carbonyl (C=O) groups excluding carboxylic acids is 3. The van der Waals surface area contributed by atoms with Crippen molar-refractivity contribution in [2.45, 2.75) is 77.7 Å². The number of nitrogens with zero attached hydrogens (tertiary/aromatic N) is 2. The quantitative estimate of drug-likeness (QED) is 0.515. The highest BCUT2D eigenvalue weighted by Gasteiger charge is 2.46. The number of aliphatic carboxylic acids is 1. The van der Waals surface area contributed by atoms with E-state index in [4.69, 9.17) is 14.2 Å². The number of ether oxygens (including phenoxy) is 3. The van der Waals surface area contributed by atoms with Gasteiger partial charge in [-0.1, -0.05) is 45.1 Å². The molecule has 0 spiro atoms. The van der Waals surface area contributed by atoms with Crippen LogP contribution in [-0.2, 0) is 32.2 Å². The smallest absolute Gasteiger partial charge is 0.410 e. The van der Waals surface area contributed by atoms with Gasteiger partial charge in [0, 0.05) is 18.5 Å². The second kappa shape index (κ2) is 12.0. The Balaban J connectivity index is 1.55. The van der Waals surface area contributed by atoms with Crippen molar-refractivity contribution in [3.63, 3.8) is 0 Å². The molecule has 1 unspecified atom stereocenters. The highest BCUT2D eigenvalue weighted by atomic mass is 16.6. The minimum absolute atomic E-state index is 0.0454. The standard InChI is InChI=1S/C28H37N3O8/c1-28(2,3)23-24(32)31-16-19(14-21(31)25(33)34)39-27(36)30-15-18-10-9-11-22(20(18)17-30)37-12-7-5-4-6-8-13-38-26(35)29-23/h4-5,9-11,19,21,23H,6-8,12-17H2,1-3H3,(H,29,35)(H,33,34)/b5-4+/t19-,21?,23-/m1/s1. The van der Waals surface area contributed by atoms with E-state index in [1.54, 1.807) is 25.7 Å². The minimum atomic E-state index is -1.20. The summed E-state index contributed by atoms with van der Waals surface area (Å²) in [6, 6.07) is 3.48. The molecular formula is C28H37N3O8. The number of fused-ring (bicyclic) bond motifs is 3. The molecule has 3 heterocycles. The highest BCUT2D eigenvalue weighted by molar-refractivity contribution is 5.90. The number of amides is 3. The first-order valence-electron chi connectivity index (χ1n) is 13.4. The first-order chi connectivity index (χ1) is 18.5. The zero-order chi connectivity index (χ0) is 28.2. The number of carbonyl (C=O) groups is 4. The van der Waals surface area contributed by atoms with E-state index >= 15 is 0 Å². The topological polar surface area (TPSA) is 135 Å². The minimum Gasteiger partial charge on any atom is -0.493 e. The zero-order valence-electron chi connectivity index (χ0n) is 22.7. The van der Waals surface area contributed by atoms with Crippen LogP contribution in [0.2, 0.25) is 0 Å². The number of nitrogens with one attached hydrogen (secondary N) is 1. The van der Waals surface area contributed by atoms with Crippen LogP contribution in [-0.4, -0.2) is 76.9 Å². The molecule has 0 aromatic heterocycles. The fraction of sp³-hybridized carbons (Fsp3) is 0.571. The number of alkyl carbamates (subject to hydrolysis) is 1. The van der Waals surface area contributed by atoms with Crippen molar-refractivity contribution in [2.75, 3.05) is 19.8 Å². The van der Waals surface area contributed by atoms with Gasteiger partial charge < -0.3 is 29.5 Å². The molecule has 4 bridgehead atoms. The van der Waals surface area contributed by atoms with Gasteiger partial charge in [0.2, 0.25) is 5.91 Å². The first-order valence-corrected chi connectivity index (χ1v) is 13.4. The van der Waals surface area contributed by atoms with Crippen LogP contribution in [0.3, 0.4) is 0 Å². The fourth-order valence-corrected chi connectivity index (χ4v) is 5.05. The molecule has 11 heteroatoms. The van der Waals surface area contributed by atoms with E-state index in [1.807, 2.05) is 30.4 Å². The van der Waals surface area contributed by atoms with Gasteiger partial charge >= 0.3 is 18.2 Å². The molecule has 1 fully saturated rings. The molecule has 3 atom stereocenters. The Kier molecular flexibility index (Phi) is 8.66. The van der Waals surface area contributed by atoms with E-state index in [0.717, 1.165) is 16.9 Å². The Morgan fingerprint density at radius 1 is 1.05 bits per heavy atom. The summed E-state index contributed by atoms with van der Waals surface area (Å²) in [5.74, 6) is -1.05. The van der Waals surface area contributed by atoms with Crippen LogP contribution in [0, 0.1) is 5.41 Å². The summed E-state index contributed by atoms with van der Waals surface area (Å²) in [5.41, 5.74) is 1.16. The van der Waals surface area contributed by atoms with Crippen molar-refractivity contribution < 1.29 is 38.5 Å². The van der Waals surface area contributed by atoms with Crippen LogP contribution in [0.1, 0.15) is 57.6 Å².